The highest BCUT2D eigenvalue weighted by atomic mass is 16.5. The summed E-state index contributed by atoms with van der Waals surface area (Å²) in [7, 11) is 1.72. The number of rotatable bonds is 3. The fraction of sp³-hybridized carbons (Fsp3) is 0.625. The van der Waals surface area contributed by atoms with Crippen LogP contribution in [0.4, 0.5) is 5.69 Å². The molecule has 1 aliphatic rings. The van der Waals surface area contributed by atoms with Crippen LogP contribution in [-0.4, -0.2) is 25.1 Å². The molecule has 3 heteroatoms. The van der Waals surface area contributed by atoms with Crippen molar-refractivity contribution >= 4 is 5.69 Å². The number of nitrogen functional groups attached to an aromatic ring is 1. The molecule has 106 valence electrons. The highest BCUT2D eigenvalue weighted by molar-refractivity contribution is 5.47. The molecule has 0 bridgehead atoms. The van der Waals surface area contributed by atoms with E-state index in [1.165, 1.54) is 31.4 Å². The van der Waals surface area contributed by atoms with Gasteiger partial charge in [0.25, 0.3) is 0 Å². The fourth-order valence-electron chi connectivity index (χ4n) is 2.80. The Bertz CT molecular complexity index is 429. The molecule has 1 aromatic rings. The van der Waals surface area contributed by atoms with Crippen LogP contribution >= 0.6 is 0 Å². The van der Waals surface area contributed by atoms with Crippen LogP contribution in [0, 0.1) is 5.41 Å². The van der Waals surface area contributed by atoms with Crippen LogP contribution in [0.15, 0.2) is 18.2 Å². The molecule has 2 N–H and O–H groups in total. The van der Waals surface area contributed by atoms with Crippen LogP contribution in [0.1, 0.15) is 38.7 Å². The van der Waals surface area contributed by atoms with Gasteiger partial charge >= 0.3 is 0 Å². The van der Waals surface area contributed by atoms with Gasteiger partial charge in [-0.2, -0.15) is 0 Å². The van der Waals surface area contributed by atoms with Crippen molar-refractivity contribution in [2.45, 2.75) is 39.7 Å². The number of nitrogens with zero attached hydrogens (tertiary/aromatic N) is 1. The lowest BCUT2D eigenvalue weighted by atomic mass is 9.85. The number of methoxy groups -OCH3 is 1. The van der Waals surface area contributed by atoms with E-state index in [0.717, 1.165) is 24.5 Å². The van der Waals surface area contributed by atoms with E-state index in [1.54, 1.807) is 7.11 Å². The molecule has 0 aromatic heterocycles. The maximum Gasteiger partial charge on any atom is 0.123 e. The van der Waals surface area contributed by atoms with Crippen molar-refractivity contribution in [1.82, 2.24) is 4.90 Å². The molecule has 1 saturated heterocycles. The maximum atomic E-state index is 5.89. The first-order valence-electron chi connectivity index (χ1n) is 7.15. The van der Waals surface area contributed by atoms with Crippen LogP contribution in [0.25, 0.3) is 0 Å². The van der Waals surface area contributed by atoms with Crippen molar-refractivity contribution in [3.63, 3.8) is 0 Å². The summed E-state index contributed by atoms with van der Waals surface area (Å²) in [6.07, 6.45) is 3.85. The Morgan fingerprint density at radius 3 is 2.79 bits per heavy atom. The first-order valence-corrected chi connectivity index (χ1v) is 7.15. The van der Waals surface area contributed by atoms with Gasteiger partial charge in [-0.1, -0.05) is 13.8 Å². The Labute approximate surface area is 116 Å². The normalized spacial score (nSPS) is 19.9. The van der Waals surface area contributed by atoms with Crippen molar-refractivity contribution in [3.8, 4) is 5.75 Å². The minimum absolute atomic E-state index is 0.481. The van der Waals surface area contributed by atoms with E-state index in [2.05, 4.69) is 18.7 Å². The summed E-state index contributed by atoms with van der Waals surface area (Å²) >= 11 is 0. The summed E-state index contributed by atoms with van der Waals surface area (Å²) in [5.74, 6) is 0.942. The molecule has 0 saturated carbocycles. The second kappa shape index (κ2) is 5.83. The molecule has 1 aromatic carbocycles. The summed E-state index contributed by atoms with van der Waals surface area (Å²) in [5.41, 5.74) is 8.38. The Hall–Kier alpha value is -1.22. The summed E-state index contributed by atoms with van der Waals surface area (Å²) in [6.45, 7) is 8.01. The summed E-state index contributed by atoms with van der Waals surface area (Å²) in [4.78, 5) is 2.52. The molecule has 0 aliphatic carbocycles. The van der Waals surface area contributed by atoms with E-state index in [-0.39, 0.29) is 0 Å². The fourth-order valence-corrected chi connectivity index (χ4v) is 2.80. The number of likely N-dealkylation sites (tertiary alicyclic amines) is 1. The third-order valence-electron chi connectivity index (χ3n) is 4.13. The first-order chi connectivity index (χ1) is 9.00. The van der Waals surface area contributed by atoms with Crippen molar-refractivity contribution in [1.29, 1.82) is 0 Å². The number of benzene rings is 1. The number of hydrogen-bond acceptors (Lipinski definition) is 3. The molecule has 0 spiro atoms. The van der Waals surface area contributed by atoms with Crippen LogP contribution in [0.3, 0.4) is 0 Å². The Balaban J connectivity index is 2.06. The molecule has 1 heterocycles. The van der Waals surface area contributed by atoms with Crippen LogP contribution in [0.5, 0.6) is 5.75 Å². The van der Waals surface area contributed by atoms with Gasteiger partial charge in [0.2, 0.25) is 0 Å². The molecule has 0 atom stereocenters. The predicted molar refractivity (Wildman–Crippen MR) is 80.3 cm³/mol. The Kier molecular flexibility index (Phi) is 4.35. The summed E-state index contributed by atoms with van der Waals surface area (Å²) in [6, 6.07) is 5.90. The highest BCUT2D eigenvalue weighted by Crippen LogP contribution is 2.31. The number of ether oxygens (including phenoxy) is 1. The number of anilines is 1. The molecule has 0 unspecified atom stereocenters. The zero-order valence-electron chi connectivity index (χ0n) is 12.4. The molecule has 19 heavy (non-hydrogen) atoms. The van der Waals surface area contributed by atoms with Gasteiger partial charge in [0.1, 0.15) is 5.75 Å². The number of nitrogens with two attached hydrogens (primary N) is 1. The standard InChI is InChI=1S/C16H26N2O/c1-16(2)7-4-9-18(10-8-16)12-13-11-14(17)5-6-15(13)19-3/h5-6,11H,4,7-10,12,17H2,1-3H3. The van der Waals surface area contributed by atoms with E-state index in [1.807, 2.05) is 18.2 Å². The minimum Gasteiger partial charge on any atom is -0.496 e. The van der Waals surface area contributed by atoms with E-state index < -0.39 is 0 Å². The van der Waals surface area contributed by atoms with Crippen molar-refractivity contribution in [3.05, 3.63) is 23.8 Å². The second-order valence-electron chi connectivity index (χ2n) is 6.37. The average molecular weight is 262 g/mol. The topological polar surface area (TPSA) is 38.5 Å². The van der Waals surface area contributed by atoms with Gasteiger partial charge in [-0.3, -0.25) is 4.90 Å². The van der Waals surface area contributed by atoms with Crippen molar-refractivity contribution < 1.29 is 4.74 Å². The zero-order valence-corrected chi connectivity index (χ0v) is 12.4. The van der Waals surface area contributed by atoms with Crippen LogP contribution in [0.2, 0.25) is 0 Å². The van der Waals surface area contributed by atoms with E-state index in [0.29, 0.717) is 5.41 Å². The molecular formula is C16H26N2O. The summed E-state index contributed by atoms with van der Waals surface area (Å²) < 4.78 is 5.43. The molecule has 1 aliphatic heterocycles. The van der Waals surface area contributed by atoms with Gasteiger partial charge in [0.05, 0.1) is 7.11 Å². The molecule has 1 fully saturated rings. The van der Waals surface area contributed by atoms with Gasteiger partial charge in [-0.05, 0) is 56.0 Å². The lowest BCUT2D eigenvalue weighted by molar-refractivity contribution is 0.252. The minimum atomic E-state index is 0.481. The van der Waals surface area contributed by atoms with E-state index in [4.69, 9.17) is 10.5 Å². The molecule has 2 rings (SSSR count). The lowest BCUT2D eigenvalue weighted by Crippen LogP contribution is -2.25. The monoisotopic (exact) mass is 262 g/mol. The quantitative estimate of drug-likeness (QED) is 0.850. The van der Waals surface area contributed by atoms with Crippen molar-refractivity contribution in [2.24, 2.45) is 5.41 Å². The average Bonchev–Trinajstić information content (AvgIpc) is 2.51. The third-order valence-corrected chi connectivity index (χ3v) is 4.13. The van der Waals surface area contributed by atoms with Gasteiger partial charge in [0, 0.05) is 17.8 Å². The second-order valence-corrected chi connectivity index (χ2v) is 6.37. The molecular weight excluding hydrogens is 236 g/mol. The smallest absolute Gasteiger partial charge is 0.123 e. The van der Waals surface area contributed by atoms with Gasteiger partial charge in [0.15, 0.2) is 0 Å². The maximum absolute atomic E-state index is 5.89. The van der Waals surface area contributed by atoms with Gasteiger partial charge in [-0.15, -0.1) is 0 Å². The van der Waals surface area contributed by atoms with Crippen LogP contribution in [-0.2, 0) is 6.54 Å². The van der Waals surface area contributed by atoms with Gasteiger partial charge < -0.3 is 10.5 Å². The lowest BCUT2D eigenvalue weighted by Gasteiger charge is -2.24. The molecule has 0 amide bonds. The predicted octanol–water partition coefficient (Wildman–Crippen LogP) is 3.29. The largest absolute Gasteiger partial charge is 0.496 e. The molecule has 3 nitrogen and oxygen atoms in total. The van der Waals surface area contributed by atoms with Crippen molar-refractivity contribution in [2.75, 3.05) is 25.9 Å². The summed E-state index contributed by atoms with van der Waals surface area (Å²) in [5, 5.41) is 0. The molecule has 0 radical (unpaired) electrons. The first kappa shape index (κ1) is 14.2. The highest BCUT2D eigenvalue weighted by Gasteiger charge is 2.23. The van der Waals surface area contributed by atoms with E-state index >= 15 is 0 Å². The van der Waals surface area contributed by atoms with Gasteiger partial charge in [-0.25, -0.2) is 0 Å². The third kappa shape index (κ3) is 3.87. The Morgan fingerprint density at radius 2 is 2.05 bits per heavy atom. The van der Waals surface area contributed by atoms with E-state index in [9.17, 15) is 0 Å². The van der Waals surface area contributed by atoms with Crippen LogP contribution < -0.4 is 10.5 Å². The SMILES string of the molecule is COc1ccc(N)cc1CN1CCCC(C)(C)CC1. The zero-order chi connectivity index (χ0) is 13.9. The number of hydrogen-bond donors (Lipinski definition) is 1. The Morgan fingerprint density at radius 1 is 1.26 bits per heavy atom.